The lowest BCUT2D eigenvalue weighted by molar-refractivity contribution is -0.132. The highest BCUT2D eigenvalue weighted by Crippen LogP contribution is 2.33. The van der Waals surface area contributed by atoms with E-state index in [1.807, 2.05) is 13.8 Å². The first-order valence-corrected chi connectivity index (χ1v) is 10.4. The molecule has 1 aliphatic carbocycles. The smallest absolute Gasteiger partial charge is 0.262 e. The summed E-state index contributed by atoms with van der Waals surface area (Å²) in [5, 5.41) is 3.37. The minimum atomic E-state index is -0.241. The number of nitrogens with one attached hydrogen (secondary N) is 1. The third-order valence-electron chi connectivity index (χ3n) is 5.07. The van der Waals surface area contributed by atoms with Crippen LogP contribution in [-0.4, -0.2) is 45.9 Å². The van der Waals surface area contributed by atoms with Crippen LogP contribution in [-0.2, 0) is 29.0 Å². The molecule has 1 aliphatic rings. The van der Waals surface area contributed by atoms with Gasteiger partial charge in [-0.3, -0.25) is 19.0 Å². The van der Waals surface area contributed by atoms with E-state index in [1.54, 1.807) is 16.2 Å². The van der Waals surface area contributed by atoms with Crippen LogP contribution in [0.25, 0.3) is 10.2 Å². The van der Waals surface area contributed by atoms with E-state index in [0.29, 0.717) is 13.1 Å². The Kier molecular flexibility index (Phi) is 6.26. The number of likely N-dealkylation sites (N-methyl/N-ethyl adjacent to an activating group) is 1. The van der Waals surface area contributed by atoms with Gasteiger partial charge in [-0.25, -0.2) is 4.98 Å². The number of nitrogens with zero attached hydrogens (tertiary/aromatic N) is 3. The van der Waals surface area contributed by atoms with E-state index in [-0.39, 0.29) is 36.9 Å². The predicted molar refractivity (Wildman–Crippen MR) is 106 cm³/mol. The highest BCUT2D eigenvalue weighted by molar-refractivity contribution is 7.18. The van der Waals surface area contributed by atoms with Gasteiger partial charge in [-0.05, 0) is 45.1 Å². The number of rotatable bonds is 7. The van der Waals surface area contributed by atoms with E-state index in [9.17, 15) is 14.4 Å². The summed E-state index contributed by atoms with van der Waals surface area (Å²) >= 11 is 1.62. The zero-order valence-electron chi connectivity index (χ0n) is 15.9. The number of fused-ring (bicyclic) bond motifs is 3. The van der Waals surface area contributed by atoms with Gasteiger partial charge in [-0.1, -0.05) is 0 Å². The molecule has 2 heterocycles. The highest BCUT2D eigenvalue weighted by atomic mass is 32.1. The van der Waals surface area contributed by atoms with Crippen LogP contribution in [0.15, 0.2) is 11.1 Å². The third-order valence-corrected chi connectivity index (χ3v) is 6.27. The monoisotopic (exact) mass is 390 g/mol. The number of hydrogen-bond donors (Lipinski definition) is 1. The molecule has 0 spiro atoms. The molecule has 0 atom stereocenters. The number of aryl methyl sites for hydroxylation is 3. The van der Waals surface area contributed by atoms with Gasteiger partial charge < -0.3 is 10.2 Å². The molecule has 3 rings (SSSR count). The molecule has 2 aromatic rings. The Morgan fingerprint density at radius 3 is 2.74 bits per heavy atom. The first kappa shape index (κ1) is 19.5. The Hall–Kier alpha value is -2.22. The molecule has 0 aliphatic heterocycles. The minimum Gasteiger partial charge on any atom is -0.347 e. The summed E-state index contributed by atoms with van der Waals surface area (Å²) in [6, 6.07) is 0. The number of aromatic nitrogens is 2. The normalized spacial score (nSPS) is 13.4. The average Bonchev–Trinajstić information content (AvgIpc) is 3.06. The molecule has 0 unspecified atom stereocenters. The van der Waals surface area contributed by atoms with Crippen LogP contribution in [0.5, 0.6) is 0 Å². The van der Waals surface area contributed by atoms with Gasteiger partial charge in [0, 0.05) is 30.9 Å². The maximum atomic E-state index is 12.8. The number of amides is 2. The quantitative estimate of drug-likeness (QED) is 0.780. The number of carbonyl (C=O) groups excluding carboxylic acids is 2. The topological polar surface area (TPSA) is 84.3 Å². The largest absolute Gasteiger partial charge is 0.347 e. The minimum absolute atomic E-state index is 0.00919. The van der Waals surface area contributed by atoms with Crippen LogP contribution >= 0.6 is 11.3 Å². The summed E-state index contributed by atoms with van der Waals surface area (Å²) in [5.74, 6) is -0.339. The van der Waals surface area contributed by atoms with Crippen LogP contribution in [0.2, 0.25) is 0 Å². The fourth-order valence-corrected chi connectivity index (χ4v) is 4.73. The highest BCUT2D eigenvalue weighted by Gasteiger charge is 2.20. The molecule has 0 bridgehead atoms. The number of hydrogen-bond acceptors (Lipinski definition) is 5. The molecule has 7 nitrogen and oxygen atoms in total. The maximum absolute atomic E-state index is 12.8. The van der Waals surface area contributed by atoms with Crippen LogP contribution in [0.4, 0.5) is 0 Å². The fraction of sp³-hybridized carbons (Fsp3) is 0.579. The standard InChI is InChI=1S/C19H26N4O3S/c1-3-22(4-2)16(25)11-20-15(24)9-10-23-12-21-18-17(19(23)26)13-7-5-6-8-14(13)27-18/h12H,3-11H2,1-2H3,(H,20,24). The van der Waals surface area contributed by atoms with E-state index in [2.05, 4.69) is 10.3 Å². The second-order valence-corrected chi connectivity index (χ2v) is 7.81. The van der Waals surface area contributed by atoms with Gasteiger partial charge in [-0.15, -0.1) is 11.3 Å². The molecule has 0 aromatic carbocycles. The molecule has 2 amide bonds. The molecule has 0 fully saturated rings. The molecule has 1 N–H and O–H groups in total. The van der Waals surface area contributed by atoms with Crippen molar-refractivity contribution in [3.63, 3.8) is 0 Å². The first-order valence-electron chi connectivity index (χ1n) is 9.59. The van der Waals surface area contributed by atoms with Crippen molar-refractivity contribution >= 4 is 33.4 Å². The van der Waals surface area contributed by atoms with Gasteiger partial charge in [-0.2, -0.15) is 0 Å². The SMILES string of the molecule is CCN(CC)C(=O)CNC(=O)CCn1cnc2sc3c(c2c1=O)CCCC3. The van der Waals surface area contributed by atoms with E-state index in [4.69, 9.17) is 0 Å². The van der Waals surface area contributed by atoms with Crippen LogP contribution in [0, 0.1) is 0 Å². The molecule has 27 heavy (non-hydrogen) atoms. The maximum Gasteiger partial charge on any atom is 0.262 e. The second kappa shape index (κ2) is 8.65. The second-order valence-electron chi connectivity index (χ2n) is 6.73. The molecule has 8 heteroatoms. The van der Waals surface area contributed by atoms with Crippen molar-refractivity contribution in [1.82, 2.24) is 19.8 Å². The summed E-state index contributed by atoms with van der Waals surface area (Å²) in [7, 11) is 0. The summed E-state index contributed by atoms with van der Waals surface area (Å²) in [4.78, 5) is 45.0. The Bertz CT molecular complexity index is 898. The van der Waals surface area contributed by atoms with Crippen molar-refractivity contribution in [2.45, 2.75) is 52.5 Å². The molecule has 146 valence electrons. The van der Waals surface area contributed by atoms with E-state index >= 15 is 0 Å². The van der Waals surface area contributed by atoms with Gasteiger partial charge in [0.25, 0.3) is 5.56 Å². The zero-order chi connectivity index (χ0) is 19.4. The molecular weight excluding hydrogens is 364 g/mol. The van der Waals surface area contributed by atoms with Gasteiger partial charge >= 0.3 is 0 Å². The van der Waals surface area contributed by atoms with E-state index in [0.717, 1.165) is 35.0 Å². The third kappa shape index (κ3) is 4.21. The molecule has 2 aromatic heterocycles. The van der Waals surface area contributed by atoms with Crippen molar-refractivity contribution in [3.8, 4) is 0 Å². The van der Waals surface area contributed by atoms with E-state index in [1.165, 1.54) is 22.2 Å². The Morgan fingerprint density at radius 1 is 1.26 bits per heavy atom. The summed E-state index contributed by atoms with van der Waals surface area (Å²) < 4.78 is 1.51. The number of carbonyl (C=O) groups is 2. The fourth-order valence-electron chi connectivity index (χ4n) is 3.51. The average molecular weight is 391 g/mol. The lowest BCUT2D eigenvalue weighted by Gasteiger charge is -2.18. The Morgan fingerprint density at radius 2 is 2.00 bits per heavy atom. The molecular formula is C19H26N4O3S. The first-order chi connectivity index (χ1) is 13.0. The predicted octanol–water partition coefficient (Wildman–Crippen LogP) is 1.71. The van der Waals surface area contributed by atoms with Crippen molar-refractivity contribution in [3.05, 3.63) is 27.1 Å². The Labute approximate surface area is 162 Å². The van der Waals surface area contributed by atoms with Crippen molar-refractivity contribution in [1.29, 1.82) is 0 Å². The van der Waals surface area contributed by atoms with Crippen molar-refractivity contribution < 1.29 is 9.59 Å². The number of thiophene rings is 1. The molecule has 0 saturated heterocycles. The zero-order valence-corrected chi connectivity index (χ0v) is 16.7. The van der Waals surface area contributed by atoms with Crippen molar-refractivity contribution in [2.24, 2.45) is 0 Å². The Balaban J connectivity index is 1.63. The van der Waals surface area contributed by atoms with Gasteiger partial charge in [0.2, 0.25) is 11.8 Å². The molecule has 0 saturated carbocycles. The van der Waals surface area contributed by atoms with Crippen molar-refractivity contribution in [2.75, 3.05) is 19.6 Å². The van der Waals surface area contributed by atoms with Crippen LogP contribution < -0.4 is 10.9 Å². The lowest BCUT2D eigenvalue weighted by Crippen LogP contribution is -2.40. The summed E-state index contributed by atoms with van der Waals surface area (Å²) in [6.45, 7) is 5.31. The van der Waals surface area contributed by atoms with Gasteiger partial charge in [0.15, 0.2) is 0 Å². The summed E-state index contributed by atoms with van der Waals surface area (Å²) in [5.41, 5.74) is 1.09. The van der Waals surface area contributed by atoms with Crippen LogP contribution in [0.1, 0.15) is 43.6 Å². The van der Waals surface area contributed by atoms with Gasteiger partial charge in [0.05, 0.1) is 18.3 Å². The van der Waals surface area contributed by atoms with Crippen LogP contribution in [0.3, 0.4) is 0 Å². The molecule has 0 radical (unpaired) electrons. The summed E-state index contributed by atoms with van der Waals surface area (Å²) in [6.07, 6.45) is 5.91. The lowest BCUT2D eigenvalue weighted by atomic mass is 9.97. The van der Waals surface area contributed by atoms with Gasteiger partial charge in [0.1, 0.15) is 4.83 Å². The van der Waals surface area contributed by atoms with E-state index < -0.39 is 0 Å².